The van der Waals surface area contributed by atoms with Crippen LogP contribution in [-0.2, 0) is 25.5 Å². The van der Waals surface area contributed by atoms with E-state index >= 15 is 0 Å². The van der Waals surface area contributed by atoms with Crippen LogP contribution < -0.4 is 0 Å². The summed E-state index contributed by atoms with van der Waals surface area (Å²) < 4.78 is 10.2. The predicted molar refractivity (Wildman–Crippen MR) is 98.6 cm³/mol. The van der Waals surface area contributed by atoms with Gasteiger partial charge in [0.05, 0.1) is 13.0 Å². The van der Waals surface area contributed by atoms with E-state index < -0.39 is 29.5 Å². The van der Waals surface area contributed by atoms with Crippen LogP contribution in [0.3, 0.4) is 0 Å². The maximum atomic E-state index is 11.9. The Hall–Kier alpha value is -2.44. The van der Waals surface area contributed by atoms with Crippen molar-refractivity contribution in [2.45, 2.75) is 57.6 Å². The number of ether oxygens (including phenoxy) is 2. The Kier molecular flexibility index (Phi) is 6.93. The van der Waals surface area contributed by atoms with Gasteiger partial charge in [0.15, 0.2) is 5.60 Å². The molecule has 1 aromatic carbocycles. The molecular weight excluding hydrogens is 350 g/mol. The van der Waals surface area contributed by atoms with Crippen molar-refractivity contribution < 1.29 is 24.0 Å². The van der Waals surface area contributed by atoms with Crippen molar-refractivity contribution >= 4 is 11.9 Å². The van der Waals surface area contributed by atoms with Gasteiger partial charge in [-0.15, -0.1) is 0 Å². The number of carbonyl (C=O) groups excluding carboxylic acids is 2. The molecule has 1 saturated carbocycles. The predicted octanol–water partition coefficient (Wildman–Crippen LogP) is 3.18. The van der Waals surface area contributed by atoms with Crippen molar-refractivity contribution in [1.82, 2.24) is 0 Å². The van der Waals surface area contributed by atoms with Crippen molar-refractivity contribution in [3.05, 3.63) is 46.0 Å². The van der Waals surface area contributed by atoms with Crippen LogP contribution in [0.4, 0.5) is 0 Å². The molecule has 0 radical (unpaired) electrons. The fourth-order valence-corrected chi connectivity index (χ4v) is 3.97. The first-order valence-corrected chi connectivity index (χ1v) is 9.26. The lowest BCUT2D eigenvalue weighted by Crippen LogP contribution is -2.60. The first kappa shape index (κ1) is 20.9. The largest absolute Gasteiger partial charge is 0.469 e. The summed E-state index contributed by atoms with van der Waals surface area (Å²) in [4.78, 5) is 34.9. The highest BCUT2D eigenvalue weighted by Crippen LogP contribution is 2.47. The van der Waals surface area contributed by atoms with E-state index in [-0.39, 0.29) is 23.7 Å². The summed E-state index contributed by atoms with van der Waals surface area (Å²) in [5.41, 5.74) is -0.118. The highest BCUT2D eigenvalue weighted by atomic mass is 16.6. The fraction of sp³-hybridized carbons (Fsp3) is 0.600. The van der Waals surface area contributed by atoms with Gasteiger partial charge in [-0.25, -0.2) is 0 Å². The van der Waals surface area contributed by atoms with Crippen LogP contribution in [0.5, 0.6) is 0 Å². The van der Waals surface area contributed by atoms with E-state index in [9.17, 15) is 19.7 Å². The second kappa shape index (κ2) is 8.97. The van der Waals surface area contributed by atoms with E-state index in [2.05, 4.69) is 0 Å². The maximum absolute atomic E-state index is 11.9. The van der Waals surface area contributed by atoms with E-state index in [1.165, 1.54) is 14.0 Å². The van der Waals surface area contributed by atoms with Crippen LogP contribution in [0.1, 0.15) is 45.1 Å². The van der Waals surface area contributed by atoms with Crippen molar-refractivity contribution in [3.63, 3.8) is 0 Å². The third kappa shape index (κ3) is 5.05. The highest BCUT2D eigenvalue weighted by Gasteiger charge is 2.61. The Bertz CT molecular complexity index is 668. The second-order valence-electron chi connectivity index (χ2n) is 7.29. The molecule has 7 heteroatoms. The number of rotatable bonds is 9. The molecule has 0 aromatic heterocycles. The van der Waals surface area contributed by atoms with Gasteiger partial charge >= 0.3 is 11.9 Å². The lowest BCUT2D eigenvalue weighted by atomic mass is 9.65. The number of methoxy groups -OCH3 is 1. The minimum atomic E-state index is -1.24. The van der Waals surface area contributed by atoms with Gasteiger partial charge in [-0.2, -0.15) is 0 Å². The summed E-state index contributed by atoms with van der Waals surface area (Å²) in [6.45, 7) is 3.24. The third-order valence-corrected chi connectivity index (χ3v) is 5.43. The summed E-state index contributed by atoms with van der Waals surface area (Å²) >= 11 is 0. The summed E-state index contributed by atoms with van der Waals surface area (Å²) in [6.07, 6.45) is 2.05. The number of hydrogen-bond acceptors (Lipinski definition) is 6. The lowest BCUT2D eigenvalue weighted by Gasteiger charge is -2.46. The number of carbonyl (C=O) groups is 2. The van der Waals surface area contributed by atoms with E-state index in [1.807, 2.05) is 37.3 Å². The van der Waals surface area contributed by atoms with Gasteiger partial charge < -0.3 is 9.47 Å². The molecule has 0 aliphatic heterocycles. The smallest absolute Gasteiger partial charge is 0.308 e. The molecular formula is C20H27NO6. The Morgan fingerprint density at radius 2 is 1.93 bits per heavy atom. The SMILES string of the molecule is CCC(Cc1ccccc1)CC([N+](=O)[O-])C1(OC(C)=O)CC(C(=O)OC)C1. The molecule has 0 N–H and O–H groups in total. The zero-order chi connectivity index (χ0) is 20.0. The molecule has 0 heterocycles. The lowest BCUT2D eigenvalue weighted by molar-refractivity contribution is -0.553. The van der Waals surface area contributed by atoms with Crippen LogP contribution in [0.2, 0.25) is 0 Å². The van der Waals surface area contributed by atoms with Crippen molar-refractivity contribution in [2.24, 2.45) is 11.8 Å². The third-order valence-electron chi connectivity index (χ3n) is 5.43. The summed E-state index contributed by atoms with van der Waals surface area (Å²) in [7, 11) is 1.28. The zero-order valence-corrected chi connectivity index (χ0v) is 16.1. The molecule has 1 fully saturated rings. The topological polar surface area (TPSA) is 95.7 Å². The number of benzene rings is 1. The zero-order valence-electron chi connectivity index (χ0n) is 16.1. The van der Waals surface area contributed by atoms with Crippen LogP contribution >= 0.6 is 0 Å². The molecule has 1 aliphatic carbocycles. The Morgan fingerprint density at radius 1 is 1.30 bits per heavy atom. The van der Waals surface area contributed by atoms with Crippen molar-refractivity contribution in [1.29, 1.82) is 0 Å². The number of nitrogens with zero attached hydrogens (tertiary/aromatic N) is 1. The molecule has 1 aromatic rings. The monoisotopic (exact) mass is 377 g/mol. The van der Waals surface area contributed by atoms with Gasteiger partial charge in [0.1, 0.15) is 0 Å². The van der Waals surface area contributed by atoms with Gasteiger partial charge in [0.2, 0.25) is 0 Å². The summed E-state index contributed by atoms with van der Waals surface area (Å²) in [5, 5.41) is 11.9. The van der Waals surface area contributed by atoms with Crippen LogP contribution in [0, 0.1) is 22.0 Å². The standard InChI is InChI=1S/C20H27NO6/c1-4-15(10-16-8-6-5-7-9-16)11-18(21(24)25)20(27-14(2)22)12-17(13-20)19(23)26-3/h5-9,15,17-18H,4,10-13H2,1-3H3. The Labute approximate surface area is 159 Å². The average molecular weight is 377 g/mol. The first-order valence-electron chi connectivity index (χ1n) is 9.26. The highest BCUT2D eigenvalue weighted by molar-refractivity contribution is 5.74. The molecule has 2 unspecified atom stereocenters. The van der Waals surface area contributed by atoms with Gasteiger partial charge in [0, 0.05) is 31.1 Å². The van der Waals surface area contributed by atoms with E-state index in [0.29, 0.717) is 6.42 Å². The van der Waals surface area contributed by atoms with Gasteiger partial charge in [-0.3, -0.25) is 19.7 Å². The summed E-state index contributed by atoms with van der Waals surface area (Å²) in [6, 6.07) is 8.78. The molecule has 0 spiro atoms. The molecule has 0 bridgehead atoms. The molecule has 27 heavy (non-hydrogen) atoms. The molecule has 1 aliphatic rings. The number of esters is 2. The van der Waals surface area contributed by atoms with Crippen molar-refractivity contribution in [2.75, 3.05) is 7.11 Å². The van der Waals surface area contributed by atoms with Gasteiger partial charge in [-0.1, -0.05) is 43.7 Å². The Morgan fingerprint density at radius 3 is 2.41 bits per heavy atom. The normalized spacial score (nSPS) is 23.6. The van der Waals surface area contributed by atoms with E-state index in [0.717, 1.165) is 18.4 Å². The first-order chi connectivity index (χ1) is 12.8. The molecule has 148 valence electrons. The van der Waals surface area contributed by atoms with Crippen LogP contribution in [0.15, 0.2) is 30.3 Å². The van der Waals surface area contributed by atoms with Crippen LogP contribution in [-0.4, -0.2) is 35.6 Å². The van der Waals surface area contributed by atoms with E-state index in [1.54, 1.807) is 0 Å². The molecule has 2 atom stereocenters. The van der Waals surface area contributed by atoms with Crippen LogP contribution in [0.25, 0.3) is 0 Å². The van der Waals surface area contributed by atoms with Gasteiger partial charge in [-0.05, 0) is 17.9 Å². The maximum Gasteiger partial charge on any atom is 0.308 e. The summed E-state index contributed by atoms with van der Waals surface area (Å²) in [5.74, 6) is -1.38. The Balaban J connectivity index is 2.17. The number of hydrogen-bond donors (Lipinski definition) is 0. The van der Waals surface area contributed by atoms with Gasteiger partial charge in [0.25, 0.3) is 6.04 Å². The number of nitro groups is 1. The minimum Gasteiger partial charge on any atom is -0.469 e. The van der Waals surface area contributed by atoms with Crippen molar-refractivity contribution in [3.8, 4) is 0 Å². The molecule has 0 saturated heterocycles. The average Bonchev–Trinajstić information content (AvgIpc) is 2.61. The molecule has 0 amide bonds. The quantitative estimate of drug-likeness (QED) is 0.373. The fourth-order valence-electron chi connectivity index (χ4n) is 3.97. The molecule has 7 nitrogen and oxygen atoms in total. The minimum absolute atomic E-state index is 0.0763. The molecule has 2 rings (SSSR count). The van der Waals surface area contributed by atoms with E-state index in [4.69, 9.17) is 9.47 Å². The second-order valence-corrected chi connectivity index (χ2v) is 7.29.